The van der Waals surface area contributed by atoms with Gasteiger partial charge in [0, 0.05) is 39.1 Å². The summed E-state index contributed by atoms with van der Waals surface area (Å²) in [5.41, 5.74) is -1.15. The highest BCUT2D eigenvalue weighted by Crippen LogP contribution is 2.23. The normalized spacial score (nSPS) is 26.9. The fraction of sp³-hybridized carbons (Fsp3) is 0.833. The Bertz CT molecular complexity index is 339. The molecule has 2 saturated heterocycles. The van der Waals surface area contributed by atoms with Crippen molar-refractivity contribution in [2.75, 3.05) is 26.3 Å². The number of carbonyl (C=O) groups excluding carboxylic acids is 1. The van der Waals surface area contributed by atoms with Crippen molar-refractivity contribution in [1.29, 1.82) is 0 Å². The minimum Gasteiger partial charge on any atom is -0.480 e. The van der Waals surface area contributed by atoms with E-state index in [4.69, 9.17) is 4.74 Å². The van der Waals surface area contributed by atoms with E-state index in [1.54, 1.807) is 4.90 Å². The van der Waals surface area contributed by atoms with Crippen LogP contribution in [0, 0.1) is 5.92 Å². The molecule has 2 rings (SSSR count). The number of carbonyl (C=O) groups is 2. The zero-order valence-electron chi connectivity index (χ0n) is 10.6. The molecule has 6 heteroatoms. The van der Waals surface area contributed by atoms with Crippen LogP contribution in [-0.2, 0) is 9.53 Å². The van der Waals surface area contributed by atoms with E-state index in [0.717, 1.165) is 6.42 Å². The molecule has 1 unspecified atom stereocenters. The van der Waals surface area contributed by atoms with Gasteiger partial charge in [-0.1, -0.05) is 6.92 Å². The minimum absolute atomic E-state index is 0.261. The number of carboxylic acid groups (broad SMARTS) is 1. The Kier molecular flexibility index (Phi) is 3.75. The van der Waals surface area contributed by atoms with Crippen molar-refractivity contribution in [3.63, 3.8) is 0 Å². The van der Waals surface area contributed by atoms with Gasteiger partial charge in [-0.3, -0.25) is 0 Å². The molecule has 0 aromatic carbocycles. The number of nitrogens with zero attached hydrogens (tertiary/aromatic N) is 1. The maximum Gasteiger partial charge on any atom is 0.329 e. The highest BCUT2D eigenvalue weighted by molar-refractivity contribution is 5.86. The van der Waals surface area contributed by atoms with Gasteiger partial charge in [0.1, 0.15) is 5.54 Å². The van der Waals surface area contributed by atoms with Gasteiger partial charge < -0.3 is 20.1 Å². The first-order valence-corrected chi connectivity index (χ1v) is 6.42. The van der Waals surface area contributed by atoms with Gasteiger partial charge in [0.05, 0.1) is 0 Å². The first-order chi connectivity index (χ1) is 8.53. The number of hydrogen-bond acceptors (Lipinski definition) is 3. The Morgan fingerprint density at radius 2 is 2.06 bits per heavy atom. The van der Waals surface area contributed by atoms with Crippen LogP contribution < -0.4 is 5.32 Å². The summed E-state index contributed by atoms with van der Waals surface area (Å²) in [6, 6.07) is -0.261. The molecule has 0 radical (unpaired) electrons. The molecule has 102 valence electrons. The lowest BCUT2D eigenvalue weighted by Crippen LogP contribution is -2.60. The lowest BCUT2D eigenvalue weighted by molar-refractivity contribution is -0.148. The van der Waals surface area contributed by atoms with Crippen LogP contribution in [-0.4, -0.2) is 53.8 Å². The Morgan fingerprint density at radius 1 is 1.39 bits per heavy atom. The van der Waals surface area contributed by atoms with Crippen LogP contribution in [0.5, 0.6) is 0 Å². The van der Waals surface area contributed by atoms with Crippen LogP contribution in [0.3, 0.4) is 0 Å². The van der Waals surface area contributed by atoms with E-state index in [9.17, 15) is 14.7 Å². The molecule has 0 aromatic heterocycles. The molecule has 6 nitrogen and oxygen atoms in total. The maximum atomic E-state index is 12.1. The predicted octanol–water partition coefficient (Wildman–Crippen LogP) is 0.672. The van der Waals surface area contributed by atoms with E-state index >= 15 is 0 Å². The topological polar surface area (TPSA) is 78.9 Å². The van der Waals surface area contributed by atoms with Crippen LogP contribution in [0.4, 0.5) is 4.79 Å². The minimum atomic E-state index is -1.15. The lowest BCUT2D eigenvalue weighted by Gasteiger charge is -2.35. The van der Waals surface area contributed by atoms with Crippen molar-refractivity contribution in [2.24, 2.45) is 5.92 Å². The molecular weight excluding hydrogens is 236 g/mol. The number of rotatable bonds is 2. The second-order valence-corrected chi connectivity index (χ2v) is 5.27. The third-order valence-electron chi connectivity index (χ3n) is 3.81. The van der Waals surface area contributed by atoms with Gasteiger partial charge in [-0.2, -0.15) is 0 Å². The van der Waals surface area contributed by atoms with Crippen molar-refractivity contribution in [1.82, 2.24) is 10.2 Å². The van der Waals surface area contributed by atoms with Gasteiger partial charge >= 0.3 is 12.0 Å². The molecule has 18 heavy (non-hydrogen) atoms. The maximum absolute atomic E-state index is 12.1. The summed E-state index contributed by atoms with van der Waals surface area (Å²) in [6.45, 7) is 4.26. The summed E-state index contributed by atoms with van der Waals surface area (Å²) in [4.78, 5) is 25.2. The zero-order valence-corrected chi connectivity index (χ0v) is 10.6. The van der Waals surface area contributed by atoms with Gasteiger partial charge in [0.25, 0.3) is 0 Å². The van der Waals surface area contributed by atoms with Crippen molar-refractivity contribution in [2.45, 2.75) is 31.7 Å². The molecule has 0 spiro atoms. The van der Waals surface area contributed by atoms with Crippen LogP contribution >= 0.6 is 0 Å². The Hall–Kier alpha value is -1.30. The zero-order chi connectivity index (χ0) is 13.2. The van der Waals surface area contributed by atoms with E-state index in [1.165, 1.54) is 0 Å². The smallest absolute Gasteiger partial charge is 0.329 e. The lowest BCUT2D eigenvalue weighted by atomic mass is 9.90. The molecule has 2 N–H and O–H groups in total. The Morgan fingerprint density at radius 3 is 2.56 bits per heavy atom. The number of aliphatic carboxylic acids is 1. The number of carboxylic acids is 1. The second-order valence-electron chi connectivity index (χ2n) is 5.27. The molecule has 2 aliphatic rings. The van der Waals surface area contributed by atoms with E-state index in [1.807, 2.05) is 0 Å². The SMILES string of the molecule is CC1CCN(C(=O)NC2(C(=O)O)CCOCC2)C1. The van der Waals surface area contributed by atoms with Crippen LogP contribution in [0.25, 0.3) is 0 Å². The second kappa shape index (κ2) is 5.14. The predicted molar refractivity (Wildman–Crippen MR) is 64.3 cm³/mol. The molecule has 0 saturated carbocycles. The fourth-order valence-corrected chi connectivity index (χ4v) is 2.52. The Labute approximate surface area is 106 Å². The van der Waals surface area contributed by atoms with Crippen LogP contribution in [0.15, 0.2) is 0 Å². The standard InChI is InChI=1S/C12H20N2O4/c1-9-2-5-14(8-9)11(17)13-12(10(15)16)3-6-18-7-4-12/h9H,2-8H2,1H3,(H,13,17)(H,15,16). The first kappa shape index (κ1) is 13.1. The van der Waals surface area contributed by atoms with E-state index in [-0.39, 0.29) is 6.03 Å². The summed E-state index contributed by atoms with van der Waals surface area (Å²) in [5, 5.41) is 12.0. The molecule has 2 amide bonds. The van der Waals surface area contributed by atoms with E-state index in [2.05, 4.69) is 12.2 Å². The summed E-state index contributed by atoms with van der Waals surface area (Å²) >= 11 is 0. The largest absolute Gasteiger partial charge is 0.480 e. The first-order valence-electron chi connectivity index (χ1n) is 6.42. The molecule has 0 bridgehead atoms. The number of amides is 2. The molecule has 2 aliphatic heterocycles. The molecule has 2 fully saturated rings. The van der Waals surface area contributed by atoms with Gasteiger partial charge in [-0.15, -0.1) is 0 Å². The van der Waals surface area contributed by atoms with Crippen molar-refractivity contribution < 1.29 is 19.4 Å². The number of urea groups is 1. The number of hydrogen-bond donors (Lipinski definition) is 2. The van der Waals surface area contributed by atoms with Crippen molar-refractivity contribution in [3.05, 3.63) is 0 Å². The third kappa shape index (κ3) is 2.58. The van der Waals surface area contributed by atoms with Gasteiger partial charge in [-0.05, 0) is 12.3 Å². The van der Waals surface area contributed by atoms with Gasteiger partial charge in [0.15, 0.2) is 0 Å². The fourth-order valence-electron chi connectivity index (χ4n) is 2.52. The summed E-state index contributed by atoms with van der Waals surface area (Å²) in [6.07, 6.45) is 1.64. The van der Waals surface area contributed by atoms with Crippen LogP contribution in [0.2, 0.25) is 0 Å². The Balaban J connectivity index is 2.00. The van der Waals surface area contributed by atoms with Crippen LogP contribution in [0.1, 0.15) is 26.2 Å². The quantitative estimate of drug-likeness (QED) is 0.761. The number of ether oxygens (including phenoxy) is 1. The molecular formula is C12H20N2O4. The average Bonchev–Trinajstić information content (AvgIpc) is 2.77. The van der Waals surface area contributed by atoms with Gasteiger partial charge in [0.2, 0.25) is 0 Å². The van der Waals surface area contributed by atoms with Crippen molar-refractivity contribution in [3.8, 4) is 0 Å². The molecule has 1 atom stereocenters. The average molecular weight is 256 g/mol. The molecule has 2 heterocycles. The summed E-state index contributed by atoms with van der Waals surface area (Å²) in [7, 11) is 0. The van der Waals surface area contributed by atoms with Gasteiger partial charge in [-0.25, -0.2) is 9.59 Å². The van der Waals surface area contributed by atoms with Crippen molar-refractivity contribution >= 4 is 12.0 Å². The summed E-state index contributed by atoms with van der Waals surface area (Å²) < 4.78 is 5.17. The monoisotopic (exact) mass is 256 g/mol. The molecule has 0 aliphatic carbocycles. The number of nitrogens with one attached hydrogen (secondary N) is 1. The summed E-state index contributed by atoms with van der Waals surface area (Å²) in [5.74, 6) is -0.474. The number of likely N-dealkylation sites (tertiary alicyclic amines) is 1. The highest BCUT2D eigenvalue weighted by Gasteiger charge is 2.42. The molecule has 0 aromatic rings. The van der Waals surface area contributed by atoms with E-state index in [0.29, 0.717) is 45.1 Å². The third-order valence-corrected chi connectivity index (χ3v) is 3.81. The van der Waals surface area contributed by atoms with E-state index < -0.39 is 11.5 Å². The highest BCUT2D eigenvalue weighted by atomic mass is 16.5.